The molecule has 0 saturated carbocycles. The van der Waals surface area contributed by atoms with E-state index < -0.39 is 10.7 Å². The molecule has 110 valence electrons. The number of nitro benzene ring substituents is 1. The van der Waals surface area contributed by atoms with Gasteiger partial charge in [0.2, 0.25) is 0 Å². The largest absolute Gasteiger partial charge is 0.330 e. The molecule has 1 aromatic rings. The molecule has 1 aliphatic heterocycles. The SMILES string of the molecule is NCCC1CCN(Cc2cc(F)cc([N+](=O)[O-])c2)CC1. The van der Waals surface area contributed by atoms with Crippen LogP contribution in [0.15, 0.2) is 18.2 Å². The maximum absolute atomic E-state index is 13.4. The fourth-order valence-electron chi connectivity index (χ4n) is 2.76. The van der Waals surface area contributed by atoms with Crippen molar-refractivity contribution >= 4 is 5.69 Å². The molecule has 0 spiro atoms. The molecule has 0 aliphatic carbocycles. The molecule has 1 aromatic carbocycles. The van der Waals surface area contributed by atoms with Gasteiger partial charge in [0, 0.05) is 12.6 Å². The number of piperidine rings is 1. The zero-order valence-corrected chi connectivity index (χ0v) is 11.4. The molecule has 0 radical (unpaired) electrons. The van der Waals surface area contributed by atoms with E-state index in [1.807, 2.05) is 0 Å². The number of halogens is 1. The average molecular weight is 281 g/mol. The van der Waals surface area contributed by atoms with Gasteiger partial charge >= 0.3 is 0 Å². The molecule has 20 heavy (non-hydrogen) atoms. The number of likely N-dealkylation sites (tertiary alicyclic amines) is 1. The maximum atomic E-state index is 13.4. The standard InChI is InChI=1S/C14H20FN3O2/c15-13-7-12(8-14(9-13)18(19)20)10-17-5-2-11(1-4-16)3-6-17/h7-9,11H,1-6,10,16H2. The summed E-state index contributed by atoms with van der Waals surface area (Å²) in [7, 11) is 0. The summed E-state index contributed by atoms with van der Waals surface area (Å²) in [6.07, 6.45) is 3.24. The number of nitro groups is 1. The van der Waals surface area contributed by atoms with Gasteiger partial charge in [0.05, 0.1) is 11.0 Å². The summed E-state index contributed by atoms with van der Waals surface area (Å²) < 4.78 is 13.4. The average Bonchev–Trinajstić information content (AvgIpc) is 2.40. The van der Waals surface area contributed by atoms with Gasteiger partial charge < -0.3 is 5.73 Å². The maximum Gasteiger partial charge on any atom is 0.272 e. The summed E-state index contributed by atoms with van der Waals surface area (Å²) in [5.41, 5.74) is 6.04. The van der Waals surface area contributed by atoms with E-state index in [4.69, 9.17) is 5.73 Å². The molecule has 0 bridgehead atoms. The molecule has 0 atom stereocenters. The van der Waals surface area contributed by atoms with Crippen LogP contribution in [0.2, 0.25) is 0 Å². The Hall–Kier alpha value is -1.53. The number of nitrogens with zero attached hydrogens (tertiary/aromatic N) is 2. The van der Waals surface area contributed by atoms with Crippen molar-refractivity contribution in [1.29, 1.82) is 0 Å². The van der Waals surface area contributed by atoms with E-state index >= 15 is 0 Å². The van der Waals surface area contributed by atoms with Gasteiger partial charge in [0.1, 0.15) is 5.82 Å². The Labute approximate surface area is 117 Å². The van der Waals surface area contributed by atoms with Crippen molar-refractivity contribution in [3.05, 3.63) is 39.7 Å². The van der Waals surface area contributed by atoms with Crippen molar-refractivity contribution in [2.75, 3.05) is 19.6 Å². The normalized spacial score (nSPS) is 17.3. The van der Waals surface area contributed by atoms with Crippen LogP contribution in [-0.2, 0) is 6.54 Å². The number of rotatable bonds is 5. The van der Waals surface area contributed by atoms with Gasteiger partial charge in [0.25, 0.3) is 5.69 Å². The number of hydrogen-bond acceptors (Lipinski definition) is 4. The molecule has 2 N–H and O–H groups in total. The smallest absolute Gasteiger partial charge is 0.272 e. The fraction of sp³-hybridized carbons (Fsp3) is 0.571. The highest BCUT2D eigenvalue weighted by molar-refractivity contribution is 5.35. The zero-order valence-electron chi connectivity index (χ0n) is 11.4. The van der Waals surface area contributed by atoms with Crippen LogP contribution in [0.1, 0.15) is 24.8 Å². The molecular formula is C14H20FN3O2. The molecule has 1 aliphatic rings. The first-order valence-electron chi connectivity index (χ1n) is 6.95. The van der Waals surface area contributed by atoms with Crippen LogP contribution in [0.25, 0.3) is 0 Å². The Balaban J connectivity index is 1.96. The third-order valence-corrected chi connectivity index (χ3v) is 3.84. The first kappa shape index (κ1) is 14.9. The Morgan fingerprint density at radius 1 is 1.35 bits per heavy atom. The fourth-order valence-corrected chi connectivity index (χ4v) is 2.76. The van der Waals surface area contributed by atoms with E-state index in [2.05, 4.69) is 4.90 Å². The molecule has 1 fully saturated rings. The van der Waals surface area contributed by atoms with Gasteiger partial charge in [-0.15, -0.1) is 0 Å². The molecule has 2 rings (SSSR count). The summed E-state index contributed by atoms with van der Waals surface area (Å²) in [4.78, 5) is 12.4. The van der Waals surface area contributed by atoms with Crippen LogP contribution >= 0.6 is 0 Å². The number of nitrogens with two attached hydrogens (primary N) is 1. The molecule has 6 heteroatoms. The van der Waals surface area contributed by atoms with Crippen molar-refractivity contribution in [3.8, 4) is 0 Å². The Kier molecular flexibility index (Phi) is 5.03. The van der Waals surface area contributed by atoms with Crippen molar-refractivity contribution in [2.45, 2.75) is 25.8 Å². The summed E-state index contributed by atoms with van der Waals surface area (Å²) in [6.45, 7) is 3.17. The van der Waals surface area contributed by atoms with Gasteiger partial charge in [-0.05, 0) is 56.4 Å². The first-order valence-corrected chi connectivity index (χ1v) is 6.95. The third kappa shape index (κ3) is 3.98. The molecule has 0 unspecified atom stereocenters. The summed E-state index contributed by atoms with van der Waals surface area (Å²) in [6, 6.07) is 3.78. The minimum Gasteiger partial charge on any atom is -0.330 e. The highest BCUT2D eigenvalue weighted by Gasteiger charge is 2.19. The minimum atomic E-state index is -0.555. The number of non-ortho nitro benzene ring substituents is 1. The van der Waals surface area contributed by atoms with Gasteiger partial charge in [-0.3, -0.25) is 15.0 Å². The summed E-state index contributed by atoms with van der Waals surface area (Å²) in [5.74, 6) is 0.130. The second-order valence-electron chi connectivity index (χ2n) is 5.37. The van der Waals surface area contributed by atoms with Gasteiger partial charge in [-0.2, -0.15) is 0 Å². The summed E-state index contributed by atoms with van der Waals surface area (Å²) >= 11 is 0. The Morgan fingerprint density at radius 2 is 2.05 bits per heavy atom. The summed E-state index contributed by atoms with van der Waals surface area (Å²) in [5, 5.41) is 10.7. The van der Waals surface area contributed by atoms with Crippen LogP contribution < -0.4 is 5.73 Å². The van der Waals surface area contributed by atoms with Gasteiger partial charge in [-0.1, -0.05) is 0 Å². The van der Waals surface area contributed by atoms with Crippen LogP contribution in [0.3, 0.4) is 0 Å². The highest BCUT2D eigenvalue weighted by Crippen LogP contribution is 2.23. The van der Waals surface area contributed by atoms with Crippen LogP contribution in [-0.4, -0.2) is 29.5 Å². The van der Waals surface area contributed by atoms with Gasteiger partial charge in [-0.25, -0.2) is 4.39 Å². The molecule has 0 amide bonds. The van der Waals surface area contributed by atoms with E-state index in [-0.39, 0.29) is 5.69 Å². The lowest BCUT2D eigenvalue weighted by Crippen LogP contribution is -2.33. The zero-order chi connectivity index (χ0) is 14.5. The van der Waals surface area contributed by atoms with E-state index in [1.54, 1.807) is 0 Å². The van der Waals surface area contributed by atoms with Crippen LogP contribution in [0, 0.1) is 21.8 Å². The lowest BCUT2D eigenvalue weighted by atomic mass is 9.93. The second kappa shape index (κ2) is 6.76. The predicted octanol–water partition coefficient (Wildman–Crippen LogP) is 2.29. The Morgan fingerprint density at radius 3 is 2.65 bits per heavy atom. The predicted molar refractivity (Wildman–Crippen MR) is 74.7 cm³/mol. The number of hydrogen-bond donors (Lipinski definition) is 1. The molecular weight excluding hydrogens is 261 g/mol. The first-order chi connectivity index (χ1) is 9.58. The van der Waals surface area contributed by atoms with E-state index in [1.165, 1.54) is 12.1 Å². The van der Waals surface area contributed by atoms with E-state index in [0.717, 1.165) is 45.0 Å². The quantitative estimate of drug-likeness (QED) is 0.664. The third-order valence-electron chi connectivity index (χ3n) is 3.84. The van der Waals surface area contributed by atoms with Gasteiger partial charge in [0.15, 0.2) is 0 Å². The minimum absolute atomic E-state index is 0.182. The monoisotopic (exact) mass is 281 g/mol. The Bertz CT molecular complexity index is 473. The molecule has 1 heterocycles. The van der Waals surface area contributed by atoms with Crippen molar-refractivity contribution in [3.63, 3.8) is 0 Å². The van der Waals surface area contributed by atoms with Crippen molar-refractivity contribution < 1.29 is 9.31 Å². The van der Waals surface area contributed by atoms with E-state index in [0.29, 0.717) is 18.0 Å². The van der Waals surface area contributed by atoms with Crippen molar-refractivity contribution in [2.24, 2.45) is 11.7 Å². The van der Waals surface area contributed by atoms with Crippen molar-refractivity contribution in [1.82, 2.24) is 4.90 Å². The molecule has 1 saturated heterocycles. The molecule has 0 aromatic heterocycles. The van der Waals surface area contributed by atoms with Crippen LogP contribution in [0.4, 0.5) is 10.1 Å². The number of benzene rings is 1. The lowest BCUT2D eigenvalue weighted by molar-refractivity contribution is -0.385. The van der Waals surface area contributed by atoms with E-state index in [9.17, 15) is 14.5 Å². The lowest BCUT2D eigenvalue weighted by Gasteiger charge is -2.31. The second-order valence-corrected chi connectivity index (χ2v) is 5.37. The topological polar surface area (TPSA) is 72.4 Å². The molecule has 5 nitrogen and oxygen atoms in total. The van der Waals surface area contributed by atoms with Crippen LogP contribution in [0.5, 0.6) is 0 Å². The highest BCUT2D eigenvalue weighted by atomic mass is 19.1.